The number of nitrogens with two attached hydrogens (primary N) is 3. The zero-order chi connectivity index (χ0) is 10.0. The summed E-state index contributed by atoms with van der Waals surface area (Å²) < 4.78 is 12.8. The summed E-state index contributed by atoms with van der Waals surface area (Å²) in [5, 5.41) is 9.29. The Balaban J connectivity index is 3.15. The Morgan fingerprint density at radius 3 is 2.62 bits per heavy atom. The summed E-state index contributed by atoms with van der Waals surface area (Å²) in [6.07, 6.45) is 0. The van der Waals surface area contributed by atoms with Crippen molar-refractivity contribution in [2.45, 2.75) is 6.04 Å². The number of benzene rings is 1. The van der Waals surface area contributed by atoms with Gasteiger partial charge in [-0.3, -0.25) is 0 Å². The second kappa shape index (κ2) is 3.59. The lowest BCUT2D eigenvalue weighted by Crippen LogP contribution is -2.21. The first kappa shape index (κ1) is 9.76. The quantitative estimate of drug-likeness (QED) is 0.387. The fourth-order valence-corrected chi connectivity index (χ4v) is 1.02. The Labute approximate surface area is 75.1 Å². The van der Waals surface area contributed by atoms with Crippen LogP contribution in [-0.4, -0.2) is 11.7 Å². The van der Waals surface area contributed by atoms with E-state index in [-0.39, 0.29) is 18.0 Å². The van der Waals surface area contributed by atoms with Gasteiger partial charge in [-0.1, -0.05) is 0 Å². The minimum absolute atomic E-state index is 0.0447. The fraction of sp³-hybridized carbons (Fsp3) is 0.250. The number of hydrogen-bond acceptors (Lipinski definition) is 4. The standard InChI is InChI=1S/C8H12FN3O/c9-5-2-8(13)4(1-6(5)11)7(12)3-10/h1-2,7,13H,3,10-12H2/t7-/m0/s1. The SMILES string of the molecule is NC[C@H](N)c1cc(N)c(F)cc1O. The molecule has 0 amide bonds. The van der Waals surface area contributed by atoms with Crippen LogP contribution >= 0.6 is 0 Å². The first-order valence-electron chi connectivity index (χ1n) is 3.79. The third-order valence-corrected chi connectivity index (χ3v) is 1.80. The van der Waals surface area contributed by atoms with Gasteiger partial charge in [0.2, 0.25) is 0 Å². The van der Waals surface area contributed by atoms with E-state index >= 15 is 0 Å². The maximum absolute atomic E-state index is 12.8. The van der Waals surface area contributed by atoms with Gasteiger partial charge in [0.05, 0.1) is 5.69 Å². The minimum Gasteiger partial charge on any atom is -0.507 e. The molecule has 5 heteroatoms. The smallest absolute Gasteiger partial charge is 0.149 e. The molecule has 13 heavy (non-hydrogen) atoms. The summed E-state index contributed by atoms with van der Waals surface area (Å²) in [6.45, 7) is 0.165. The van der Waals surface area contributed by atoms with E-state index in [1.165, 1.54) is 6.07 Å². The van der Waals surface area contributed by atoms with Gasteiger partial charge in [-0.15, -0.1) is 0 Å². The van der Waals surface area contributed by atoms with E-state index in [1.807, 2.05) is 0 Å². The average Bonchev–Trinajstić information content (AvgIpc) is 2.10. The Morgan fingerprint density at radius 1 is 1.46 bits per heavy atom. The predicted molar refractivity (Wildman–Crippen MR) is 48.5 cm³/mol. The van der Waals surface area contributed by atoms with Gasteiger partial charge in [0.25, 0.3) is 0 Å². The average molecular weight is 185 g/mol. The van der Waals surface area contributed by atoms with Gasteiger partial charge < -0.3 is 22.3 Å². The number of rotatable bonds is 2. The van der Waals surface area contributed by atoms with Crippen LogP contribution in [0.5, 0.6) is 5.75 Å². The summed E-state index contributed by atoms with van der Waals surface area (Å²) in [6, 6.07) is 1.70. The highest BCUT2D eigenvalue weighted by atomic mass is 19.1. The lowest BCUT2D eigenvalue weighted by molar-refractivity contribution is 0.456. The van der Waals surface area contributed by atoms with Crippen molar-refractivity contribution in [3.05, 3.63) is 23.5 Å². The zero-order valence-electron chi connectivity index (χ0n) is 7.00. The molecule has 0 aliphatic rings. The monoisotopic (exact) mass is 185 g/mol. The molecule has 1 rings (SSSR count). The summed E-state index contributed by atoms with van der Waals surface area (Å²) >= 11 is 0. The Bertz CT molecular complexity index is 317. The van der Waals surface area contributed by atoms with Crippen LogP contribution in [0.4, 0.5) is 10.1 Å². The van der Waals surface area contributed by atoms with Gasteiger partial charge in [-0.2, -0.15) is 0 Å². The zero-order valence-corrected chi connectivity index (χ0v) is 7.00. The van der Waals surface area contributed by atoms with E-state index in [9.17, 15) is 9.50 Å². The number of halogens is 1. The van der Waals surface area contributed by atoms with Gasteiger partial charge in [-0.25, -0.2) is 4.39 Å². The molecule has 0 saturated carbocycles. The van der Waals surface area contributed by atoms with Crippen LogP contribution in [0.15, 0.2) is 12.1 Å². The molecule has 0 unspecified atom stereocenters. The molecule has 0 radical (unpaired) electrons. The van der Waals surface area contributed by atoms with Gasteiger partial charge in [0.1, 0.15) is 11.6 Å². The van der Waals surface area contributed by atoms with E-state index in [2.05, 4.69) is 0 Å². The number of hydrogen-bond donors (Lipinski definition) is 4. The molecule has 1 atom stereocenters. The minimum atomic E-state index is -0.662. The topological polar surface area (TPSA) is 98.3 Å². The highest BCUT2D eigenvalue weighted by Gasteiger charge is 2.12. The Morgan fingerprint density at radius 2 is 2.08 bits per heavy atom. The van der Waals surface area contributed by atoms with Gasteiger partial charge in [-0.05, 0) is 6.07 Å². The number of anilines is 1. The highest BCUT2D eigenvalue weighted by Crippen LogP contribution is 2.26. The molecule has 1 aromatic rings. The summed E-state index contributed by atoms with van der Waals surface area (Å²) in [4.78, 5) is 0. The normalized spacial score (nSPS) is 12.8. The van der Waals surface area contributed by atoms with Gasteiger partial charge >= 0.3 is 0 Å². The van der Waals surface area contributed by atoms with Crippen molar-refractivity contribution in [2.75, 3.05) is 12.3 Å². The van der Waals surface area contributed by atoms with Crippen molar-refractivity contribution in [3.8, 4) is 5.75 Å². The molecule has 0 bridgehead atoms. The van der Waals surface area contributed by atoms with Crippen molar-refractivity contribution < 1.29 is 9.50 Å². The predicted octanol–water partition coefficient (Wildman–Crippen LogP) is 0.0720. The van der Waals surface area contributed by atoms with Crippen molar-refractivity contribution in [1.29, 1.82) is 0 Å². The van der Waals surface area contributed by atoms with Crippen molar-refractivity contribution in [2.24, 2.45) is 11.5 Å². The number of nitrogen functional groups attached to an aromatic ring is 1. The molecule has 72 valence electrons. The van der Waals surface area contributed by atoms with Crippen LogP contribution in [0.1, 0.15) is 11.6 Å². The van der Waals surface area contributed by atoms with Crippen LogP contribution in [0, 0.1) is 5.82 Å². The molecule has 0 saturated heterocycles. The van der Waals surface area contributed by atoms with Crippen LogP contribution < -0.4 is 17.2 Å². The third-order valence-electron chi connectivity index (χ3n) is 1.80. The lowest BCUT2D eigenvalue weighted by atomic mass is 10.1. The van der Waals surface area contributed by atoms with Crippen LogP contribution in [-0.2, 0) is 0 Å². The first-order valence-corrected chi connectivity index (χ1v) is 3.79. The summed E-state index contributed by atoms with van der Waals surface area (Å²) in [5.74, 6) is -0.880. The summed E-state index contributed by atoms with van der Waals surface area (Å²) in [7, 11) is 0. The second-order valence-corrected chi connectivity index (χ2v) is 2.77. The first-order chi connectivity index (χ1) is 6.06. The fourth-order valence-electron chi connectivity index (χ4n) is 1.02. The molecular weight excluding hydrogens is 173 g/mol. The van der Waals surface area contributed by atoms with Gasteiger partial charge in [0, 0.05) is 24.2 Å². The number of aromatic hydroxyl groups is 1. The van der Waals surface area contributed by atoms with Crippen LogP contribution in [0.3, 0.4) is 0 Å². The van der Waals surface area contributed by atoms with Crippen LogP contribution in [0.2, 0.25) is 0 Å². The van der Waals surface area contributed by atoms with E-state index in [1.54, 1.807) is 0 Å². The molecule has 4 nitrogen and oxygen atoms in total. The molecule has 0 spiro atoms. The molecule has 7 N–H and O–H groups in total. The van der Waals surface area contributed by atoms with E-state index in [4.69, 9.17) is 17.2 Å². The highest BCUT2D eigenvalue weighted by molar-refractivity contribution is 5.49. The molecule has 1 aromatic carbocycles. The Hall–Kier alpha value is -1.33. The lowest BCUT2D eigenvalue weighted by Gasteiger charge is -2.12. The molecule has 0 heterocycles. The van der Waals surface area contributed by atoms with E-state index < -0.39 is 11.9 Å². The number of phenols is 1. The molecule has 0 aliphatic carbocycles. The second-order valence-electron chi connectivity index (χ2n) is 2.77. The van der Waals surface area contributed by atoms with Crippen molar-refractivity contribution in [3.63, 3.8) is 0 Å². The molecule has 0 aliphatic heterocycles. The third kappa shape index (κ3) is 1.88. The van der Waals surface area contributed by atoms with E-state index in [0.717, 1.165) is 6.07 Å². The largest absolute Gasteiger partial charge is 0.507 e. The molecule has 0 aromatic heterocycles. The van der Waals surface area contributed by atoms with Crippen LogP contribution in [0.25, 0.3) is 0 Å². The maximum atomic E-state index is 12.8. The summed E-state index contributed by atoms with van der Waals surface area (Å²) in [5.41, 5.74) is 16.5. The van der Waals surface area contributed by atoms with Gasteiger partial charge in [0.15, 0.2) is 0 Å². The maximum Gasteiger partial charge on any atom is 0.149 e. The van der Waals surface area contributed by atoms with Crippen molar-refractivity contribution >= 4 is 5.69 Å². The van der Waals surface area contributed by atoms with E-state index in [0.29, 0.717) is 5.56 Å². The molecule has 0 fully saturated rings. The Kier molecular flexibility index (Phi) is 2.69. The number of phenolic OH excluding ortho intramolecular Hbond substituents is 1. The molecular formula is C8H12FN3O. The van der Waals surface area contributed by atoms with Crippen molar-refractivity contribution in [1.82, 2.24) is 0 Å².